The molecule has 5 nitrogen and oxygen atoms in total. The van der Waals surface area contributed by atoms with Crippen LogP contribution < -0.4 is 10.6 Å². The molecule has 5 unspecified atom stereocenters. The Bertz CT molecular complexity index is 662. The van der Waals surface area contributed by atoms with Gasteiger partial charge in [-0.05, 0) is 49.5 Å². The quantitative estimate of drug-likeness (QED) is 0.853. The Labute approximate surface area is 155 Å². The SMILES string of the molecule is CC(NC(=O)NC1CC(=O)N(Cc2ccccc2)C1)C1CC2CCC1C2. The van der Waals surface area contributed by atoms with Crippen LogP contribution in [0.1, 0.15) is 44.6 Å². The minimum absolute atomic E-state index is 0.0987. The highest BCUT2D eigenvalue weighted by atomic mass is 16.2. The molecule has 1 aromatic carbocycles. The van der Waals surface area contributed by atoms with Gasteiger partial charge in [-0.15, -0.1) is 0 Å². The molecule has 3 aliphatic rings. The molecule has 4 rings (SSSR count). The molecule has 26 heavy (non-hydrogen) atoms. The van der Waals surface area contributed by atoms with Crippen LogP contribution in [0.3, 0.4) is 0 Å². The third-order valence-corrected chi connectivity index (χ3v) is 6.56. The molecule has 0 spiro atoms. The molecule has 5 heteroatoms. The van der Waals surface area contributed by atoms with Gasteiger partial charge in [0, 0.05) is 25.6 Å². The highest BCUT2D eigenvalue weighted by Crippen LogP contribution is 2.49. The maximum atomic E-state index is 12.4. The molecule has 5 atom stereocenters. The van der Waals surface area contributed by atoms with Crippen molar-refractivity contribution in [2.24, 2.45) is 17.8 Å². The number of benzene rings is 1. The summed E-state index contributed by atoms with van der Waals surface area (Å²) in [7, 11) is 0. The monoisotopic (exact) mass is 355 g/mol. The number of hydrogen-bond donors (Lipinski definition) is 2. The minimum Gasteiger partial charge on any atom is -0.336 e. The van der Waals surface area contributed by atoms with E-state index in [1.807, 2.05) is 35.2 Å². The van der Waals surface area contributed by atoms with Crippen LogP contribution in [0.15, 0.2) is 30.3 Å². The zero-order chi connectivity index (χ0) is 18.1. The Morgan fingerprint density at radius 3 is 2.73 bits per heavy atom. The Morgan fingerprint density at radius 2 is 2.04 bits per heavy atom. The van der Waals surface area contributed by atoms with Gasteiger partial charge in [0.1, 0.15) is 0 Å². The predicted molar refractivity (Wildman–Crippen MR) is 100 cm³/mol. The van der Waals surface area contributed by atoms with Crippen LogP contribution in [0.2, 0.25) is 0 Å². The Kier molecular flexibility index (Phi) is 4.88. The smallest absolute Gasteiger partial charge is 0.315 e. The van der Waals surface area contributed by atoms with Crippen LogP contribution in [-0.2, 0) is 11.3 Å². The number of amides is 3. The van der Waals surface area contributed by atoms with Crippen molar-refractivity contribution >= 4 is 11.9 Å². The van der Waals surface area contributed by atoms with Gasteiger partial charge >= 0.3 is 6.03 Å². The number of hydrogen-bond acceptors (Lipinski definition) is 2. The van der Waals surface area contributed by atoms with Gasteiger partial charge in [0.25, 0.3) is 0 Å². The first kappa shape index (κ1) is 17.4. The lowest BCUT2D eigenvalue weighted by atomic mass is 9.84. The highest BCUT2D eigenvalue weighted by Gasteiger charge is 2.42. The topological polar surface area (TPSA) is 61.4 Å². The van der Waals surface area contributed by atoms with Crippen molar-refractivity contribution in [3.8, 4) is 0 Å². The lowest BCUT2D eigenvalue weighted by Gasteiger charge is -2.29. The fraction of sp³-hybridized carbons (Fsp3) is 0.619. The van der Waals surface area contributed by atoms with Crippen molar-refractivity contribution in [1.29, 1.82) is 0 Å². The third kappa shape index (κ3) is 3.71. The van der Waals surface area contributed by atoms with Gasteiger partial charge in [-0.3, -0.25) is 4.79 Å². The maximum absolute atomic E-state index is 12.4. The van der Waals surface area contributed by atoms with Gasteiger partial charge in [-0.25, -0.2) is 4.79 Å². The summed E-state index contributed by atoms with van der Waals surface area (Å²) in [6.07, 6.45) is 5.71. The van der Waals surface area contributed by atoms with E-state index in [1.54, 1.807) is 0 Å². The van der Waals surface area contributed by atoms with E-state index in [1.165, 1.54) is 25.7 Å². The summed E-state index contributed by atoms with van der Waals surface area (Å²) in [4.78, 5) is 26.5. The lowest BCUT2D eigenvalue weighted by Crippen LogP contribution is -2.49. The zero-order valence-electron chi connectivity index (χ0n) is 15.5. The first-order valence-electron chi connectivity index (χ1n) is 9.97. The molecule has 2 aliphatic carbocycles. The van der Waals surface area contributed by atoms with Gasteiger partial charge in [0.05, 0.1) is 6.04 Å². The molecule has 3 amide bonds. The first-order chi connectivity index (χ1) is 12.6. The van der Waals surface area contributed by atoms with E-state index in [-0.39, 0.29) is 24.0 Å². The van der Waals surface area contributed by atoms with Crippen molar-refractivity contribution in [2.75, 3.05) is 6.54 Å². The van der Waals surface area contributed by atoms with Gasteiger partial charge in [0.2, 0.25) is 5.91 Å². The standard InChI is InChI=1S/C21H29N3O2/c1-14(19-10-16-7-8-17(19)9-16)22-21(26)23-18-11-20(25)24(13-18)12-15-5-3-2-4-6-15/h2-6,14,16-19H,7-13H2,1H3,(H2,22,23,26). The van der Waals surface area contributed by atoms with Gasteiger partial charge < -0.3 is 15.5 Å². The molecule has 0 radical (unpaired) electrons. The summed E-state index contributed by atoms with van der Waals surface area (Å²) in [5.74, 6) is 2.42. The number of carbonyl (C=O) groups excluding carboxylic acids is 2. The summed E-state index contributed by atoms with van der Waals surface area (Å²) in [5, 5.41) is 6.14. The van der Waals surface area contributed by atoms with E-state index in [0.29, 0.717) is 25.4 Å². The molecule has 1 aliphatic heterocycles. The van der Waals surface area contributed by atoms with Crippen LogP contribution in [-0.4, -0.2) is 35.5 Å². The number of nitrogens with one attached hydrogen (secondary N) is 2. The molecule has 1 heterocycles. The molecular formula is C21H29N3O2. The molecule has 0 aromatic heterocycles. The Morgan fingerprint density at radius 1 is 1.23 bits per heavy atom. The first-order valence-corrected chi connectivity index (χ1v) is 9.97. The average Bonchev–Trinajstić information content (AvgIpc) is 3.32. The molecule has 140 valence electrons. The van der Waals surface area contributed by atoms with Gasteiger partial charge in [0.15, 0.2) is 0 Å². The summed E-state index contributed by atoms with van der Waals surface area (Å²) >= 11 is 0. The number of carbonyl (C=O) groups is 2. The van der Waals surface area contributed by atoms with E-state index in [4.69, 9.17) is 0 Å². The number of fused-ring (bicyclic) bond motifs is 2. The van der Waals surface area contributed by atoms with E-state index >= 15 is 0 Å². The van der Waals surface area contributed by atoms with Crippen molar-refractivity contribution in [3.63, 3.8) is 0 Å². The minimum atomic E-state index is -0.125. The fourth-order valence-electron chi connectivity index (χ4n) is 5.27. The predicted octanol–water partition coefficient (Wildman–Crippen LogP) is 2.91. The molecule has 3 fully saturated rings. The number of urea groups is 1. The molecule has 2 saturated carbocycles. The second kappa shape index (κ2) is 7.29. The number of rotatable bonds is 5. The second-order valence-electron chi connectivity index (χ2n) is 8.41. The van der Waals surface area contributed by atoms with Crippen LogP contribution in [0.5, 0.6) is 0 Å². The number of likely N-dealkylation sites (tertiary alicyclic amines) is 1. The average molecular weight is 355 g/mol. The summed E-state index contributed by atoms with van der Waals surface area (Å²) in [6.45, 7) is 3.33. The molecule has 1 aromatic rings. The Hall–Kier alpha value is -2.04. The molecule has 1 saturated heterocycles. The van der Waals surface area contributed by atoms with E-state index < -0.39 is 0 Å². The van der Waals surface area contributed by atoms with Crippen LogP contribution in [0.4, 0.5) is 4.79 Å². The van der Waals surface area contributed by atoms with Crippen molar-refractivity contribution < 1.29 is 9.59 Å². The van der Waals surface area contributed by atoms with Gasteiger partial charge in [-0.2, -0.15) is 0 Å². The molecule has 2 bridgehead atoms. The van der Waals surface area contributed by atoms with E-state index in [2.05, 4.69) is 17.6 Å². The molecule has 2 N–H and O–H groups in total. The Balaban J connectivity index is 1.25. The van der Waals surface area contributed by atoms with Crippen LogP contribution >= 0.6 is 0 Å². The normalized spacial score (nSPS) is 31.3. The number of nitrogens with zero attached hydrogens (tertiary/aromatic N) is 1. The third-order valence-electron chi connectivity index (χ3n) is 6.56. The van der Waals surface area contributed by atoms with E-state index in [0.717, 1.165) is 17.4 Å². The van der Waals surface area contributed by atoms with Crippen molar-refractivity contribution in [1.82, 2.24) is 15.5 Å². The summed E-state index contributed by atoms with van der Waals surface area (Å²) in [5.41, 5.74) is 1.12. The van der Waals surface area contributed by atoms with E-state index in [9.17, 15) is 9.59 Å². The van der Waals surface area contributed by atoms with Crippen LogP contribution in [0.25, 0.3) is 0 Å². The van der Waals surface area contributed by atoms with Crippen molar-refractivity contribution in [3.05, 3.63) is 35.9 Å². The summed E-state index contributed by atoms with van der Waals surface area (Å²) < 4.78 is 0. The van der Waals surface area contributed by atoms with Gasteiger partial charge in [-0.1, -0.05) is 36.8 Å². The van der Waals surface area contributed by atoms with Crippen LogP contribution in [0, 0.1) is 17.8 Å². The zero-order valence-corrected chi connectivity index (χ0v) is 15.5. The molecular weight excluding hydrogens is 326 g/mol. The van der Waals surface area contributed by atoms with Crippen molar-refractivity contribution in [2.45, 2.75) is 57.7 Å². The summed E-state index contributed by atoms with van der Waals surface area (Å²) in [6, 6.07) is 9.98. The largest absolute Gasteiger partial charge is 0.336 e. The lowest BCUT2D eigenvalue weighted by molar-refractivity contribution is -0.128. The second-order valence-corrected chi connectivity index (χ2v) is 8.41. The highest BCUT2D eigenvalue weighted by molar-refractivity contribution is 5.81. The maximum Gasteiger partial charge on any atom is 0.315 e. The fourth-order valence-corrected chi connectivity index (χ4v) is 5.27.